The number of benzene rings is 1. The molecular weight excluding hydrogens is 242 g/mol. The topological polar surface area (TPSA) is 67.5 Å². The Bertz CT molecular complexity index is 432. The number of amidine groups is 1. The zero-order valence-corrected chi connectivity index (χ0v) is 11.1. The van der Waals surface area contributed by atoms with E-state index in [1.807, 2.05) is 38.3 Å². The molecule has 0 amide bonds. The highest BCUT2D eigenvalue weighted by molar-refractivity contribution is 7.98. The number of anilines is 1. The molecule has 0 bridgehead atoms. The zero-order chi connectivity index (χ0) is 12.1. The first kappa shape index (κ1) is 13.1. The van der Waals surface area contributed by atoms with E-state index in [2.05, 4.69) is 9.12 Å². The van der Waals surface area contributed by atoms with Crippen molar-refractivity contribution in [2.24, 2.45) is 10.1 Å². The first-order valence-corrected chi connectivity index (χ1v) is 7.25. The molecule has 88 valence electrons. The molecule has 0 spiro atoms. The lowest BCUT2D eigenvalue weighted by Gasteiger charge is -2.16. The molecule has 1 aliphatic rings. The molecule has 1 aromatic carbocycles. The number of nitrogens with two attached hydrogens (primary N) is 1. The smallest absolute Gasteiger partial charge is 0.244 e. The molecule has 0 saturated carbocycles. The van der Waals surface area contributed by atoms with Gasteiger partial charge in [0.05, 0.1) is 11.3 Å². The van der Waals surface area contributed by atoms with Crippen molar-refractivity contribution in [2.75, 3.05) is 11.0 Å². The first-order chi connectivity index (χ1) is 7.72. The predicted octanol–water partition coefficient (Wildman–Crippen LogP) is 2.14. The second-order valence-electron chi connectivity index (χ2n) is 2.71. The molecule has 0 radical (unpaired) electrons. The molecule has 4 nitrogen and oxygen atoms in total. The lowest BCUT2D eigenvalue weighted by molar-refractivity contribution is 0.687. The standard InChI is InChI=1S/C8H9N3OS2.C2H6/c1-13-6-4-2-3-5-7(6)8(9)11-14(12)10-5;1-2/h2-4,10H,1H3,(H2,9,11);1-2H3. The zero-order valence-electron chi connectivity index (χ0n) is 9.48. The Kier molecular flexibility index (Phi) is 4.82. The van der Waals surface area contributed by atoms with Crippen molar-refractivity contribution in [1.82, 2.24) is 0 Å². The van der Waals surface area contributed by atoms with Gasteiger partial charge in [-0.05, 0) is 18.4 Å². The normalized spacial score (nSPS) is 17.4. The molecular formula is C10H15N3OS2. The van der Waals surface area contributed by atoms with E-state index in [1.54, 1.807) is 11.8 Å². The first-order valence-electron chi connectivity index (χ1n) is 4.92. The molecule has 3 N–H and O–H groups in total. The van der Waals surface area contributed by atoms with E-state index in [-0.39, 0.29) is 0 Å². The second-order valence-corrected chi connectivity index (χ2v) is 4.44. The van der Waals surface area contributed by atoms with Gasteiger partial charge in [0.1, 0.15) is 5.84 Å². The van der Waals surface area contributed by atoms with Crippen LogP contribution in [0.3, 0.4) is 0 Å². The number of fused-ring (bicyclic) bond motifs is 1. The molecule has 0 aromatic heterocycles. The second kappa shape index (κ2) is 5.91. The van der Waals surface area contributed by atoms with Crippen molar-refractivity contribution in [3.63, 3.8) is 0 Å². The van der Waals surface area contributed by atoms with E-state index in [9.17, 15) is 4.21 Å². The summed E-state index contributed by atoms with van der Waals surface area (Å²) in [5.74, 6) is 0.335. The maximum atomic E-state index is 11.2. The monoisotopic (exact) mass is 257 g/mol. The predicted molar refractivity (Wildman–Crippen MR) is 72.1 cm³/mol. The summed E-state index contributed by atoms with van der Waals surface area (Å²) in [5, 5.41) is 0. The Labute approximate surface area is 102 Å². The third-order valence-electron chi connectivity index (χ3n) is 1.88. The van der Waals surface area contributed by atoms with Gasteiger partial charge in [-0.2, -0.15) is 4.40 Å². The van der Waals surface area contributed by atoms with Crippen molar-refractivity contribution in [2.45, 2.75) is 18.7 Å². The van der Waals surface area contributed by atoms with Crippen LogP contribution in [0.2, 0.25) is 0 Å². The molecule has 1 unspecified atom stereocenters. The van der Waals surface area contributed by atoms with Gasteiger partial charge >= 0.3 is 0 Å². The summed E-state index contributed by atoms with van der Waals surface area (Å²) in [6, 6.07) is 5.70. The van der Waals surface area contributed by atoms with E-state index >= 15 is 0 Å². The van der Waals surface area contributed by atoms with Crippen LogP contribution in [0, 0.1) is 0 Å². The fourth-order valence-corrected chi connectivity index (χ4v) is 2.61. The maximum Gasteiger partial charge on any atom is 0.244 e. The van der Waals surface area contributed by atoms with Crippen LogP contribution in [-0.2, 0) is 11.2 Å². The van der Waals surface area contributed by atoms with Crippen LogP contribution >= 0.6 is 11.8 Å². The molecule has 0 aliphatic carbocycles. The largest absolute Gasteiger partial charge is 0.382 e. The average molecular weight is 257 g/mol. The Hall–Kier alpha value is -1.01. The van der Waals surface area contributed by atoms with E-state index in [0.717, 1.165) is 16.1 Å². The fraction of sp³-hybridized carbons (Fsp3) is 0.300. The number of rotatable bonds is 1. The minimum Gasteiger partial charge on any atom is -0.382 e. The van der Waals surface area contributed by atoms with Gasteiger partial charge < -0.3 is 5.73 Å². The van der Waals surface area contributed by atoms with Gasteiger partial charge in [0.15, 0.2) is 0 Å². The van der Waals surface area contributed by atoms with Crippen LogP contribution in [0.15, 0.2) is 27.5 Å². The summed E-state index contributed by atoms with van der Waals surface area (Å²) < 4.78 is 17.7. The van der Waals surface area contributed by atoms with E-state index < -0.39 is 11.2 Å². The Morgan fingerprint density at radius 1 is 1.44 bits per heavy atom. The lowest BCUT2D eigenvalue weighted by Crippen LogP contribution is -2.23. The highest BCUT2D eigenvalue weighted by atomic mass is 32.2. The minimum atomic E-state index is -1.44. The molecule has 1 atom stereocenters. The quantitative estimate of drug-likeness (QED) is 0.757. The van der Waals surface area contributed by atoms with Crippen molar-refractivity contribution < 1.29 is 4.21 Å². The Balaban J connectivity index is 0.000000606. The van der Waals surface area contributed by atoms with E-state index in [1.165, 1.54) is 0 Å². The molecule has 0 saturated heterocycles. The minimum absolute atomic E-state index is 0.335. The number of hydrogen-bond donors (Lipinski definition) is 2. The van der Waals surface area contributed by atoms with Gasteiger partial charge in [-0.25, -0.2) is 4.21 Å². The van der Waals surface area contributed by atoms with Crippen LogP contribution in [0.1, 0.15) is 19.4 Å². The summed E-state index contributed by atoms with van der Waals surface area (Å²) >= 11 is 0.150. The third-order valence-corrected chi connectivity index (χ3v) is 3.42. The van der Waals surface area contributed by atoms with Crippen LogP contribution < -0.4 is 10.5 Å². The molecule has 1 aromatic rings. The van der Waals surface area contributed by atoms with E-state index in [0.29, 0.717) is 5.84 Å². The molecule has 6 heteroatoms. The lowest BCUT2D eigenvalue weighted by atomic mass is 10.1. The van der Waals surface area contributed by atoms with Crippen molar-refractivity contribution in [3.05, 3.63) is 23.8 Å². The molecule has 16 heavy (non-hydrogen) atoms. The van der Waals surface area contributed by atoms with Gasteiger partial charge in [-0.15, -0.1) is 11.8 Å². The van der Waals surface area contributed by atoms with Crippen molar-refractivity contribution >= 4 is 34.5 Å². The Morgan fingerprint density at radius 3 is 2.75 bits per heavy atom. The summed E-state index contributed by atoms with van der Waals surface area (Å²) in [6.45, 7) is 4.00. The van der Waals surface area contributed by atoms with Gasteiger partial charge in [-0.1, -0.05) is 19.9 Å². The highest BCUT2D eigenvalue weighted by Crippen LogP contribution is 2.29. The van der Waals surface area contributed by atoms with Gasteiger partial charge in [-0.3, -0.25) is 4.72 Å². The average Bonchev–Trinajstić information content (AvgIpc) is 2.30. The van der Waals surface area contributed by atoms with E-state index in [4.69, 9.17) is 5.73 Å². The summed E-state index contributed by atoms with van der Waals surface area (Å²) in [7, 11) is 0. The third kappa shape index (κ3) is 2.56. The SMILES string of the molecule is CC.CSc1cccc2c1C(N)=NS(=O)N2. The number of hydrogen-bond acceptors (Lipinski definition) is 3. The maximum absolute atomic E-state index is 11.2. The summed E-state index contributed by atoms with van der Waals surface area (Å²) in [4.78, 5) is 1.04. The highest BCUT2D eigenvalue weighted by Gasteiger charge is 2.18. The molecule has 0 fully saturated rings. The van der Waals surface area contributed by atoms with Crippen molar-refractivity contribution in [1.29, 1.82) is 0 Å². The van der Waals surface area contributed by atoms with Gasteiger partial charge in [0, 0.05) is 4.90 Å². The van der Waals surface area contributed by atoms with Gasteiger partial charge in [0.25, 0.3) is 0 Å². The molecule has 1 aliphatic heterocycles. The summed E-state index contributed by atoms with van der Waals surface area (Å²) in [6.07, 6.45) is 1.97. The summed E-state index contributed by atoms with van der Waals surface area (Å²) in [5.41, 5.74) is 7.34. The van der Waals surface area contributed by atoms with Crippen LogP contribution in [-0.4, -0.2) is 16.3 Å². The van der Waals surface area contributed by atoms with Crippen LogP contribution in [0.4, 0.5) is 5.69 Å². The number of nitrogens with zero attached hydrogens (tertiary/aromatic N) is 1. The fourth-order valence-electron chi connectivity index (χ4n) is 1.30. The van der Waals surface area contributed by atoms with Crippen LogP contribution in [0.25, 0.3) is 0 Å². The molecule has 2 rings (SSSR count). The number of thioether (sulfide) groups is 1. The van der Waals surface area contributed by atoms with Gasteiger partial charge in [0.2, 0.25) is 11.2 Å². The Morgan fingerprint density at radius 2 is 2.12 bits per heavy atom. The number of nitrogens with one attached hydrogen (secondary N) is 1. The van der Waals surface area contributed by atoms with Crippen molar-refractivity contribution in [3.8, 4) is 0 Å². The molecule has 1 heterocycles. The van der Waals surface area contributed by atoms with Crippen LogP contribution in [0.5, 0.6) is 0 Å².